The van der Waals surface area contributed by atoms with E-state index in [2.05, 4.69) is 25.7 Å². The van der Waals surface area contributed by atoms with E-state index in [4.69, 9.17) is 9.97 Å². The number of halogens is 1. The Balaban J connectivity index is 1.45. The first-order chi connectivity index (χ1) is 15.9. The van der Waals surface area contributed by atoms with Crippen LogP contribution in [0, 0.1) is 11.7 Å². The number of fused-ring (bicyclic) bond motifs is 3. The maximum absolute atomic E-state index is 13.6. The van der Waals surface area contributed by atoms with E-state index in [9.17, 15) is 9.18 Å². The van der Waals surface area contributed by atoms with Gasteiger partial charge in [0.1, 0.15) is 22.3 Å². The maximum Gasteiger partial charge on any atom is 0.254 e. The van der Waals surface area contributed by atoms with Gasteiger partial charge in [0, 0.05) is 42.5 Å². The van der Waals surface area contributed by atoms with E-state index in [0.717, 1.165) is 35.7 Å². The van der Waals surface area contributed by atoms with Gasteiger partial charge in [-0.2, -0.15) is 0 Å². The van der Waals surface area contributed by atoms with E-state index >= 15 is 0 Å². The Bertz CT molecular complexity index is 1180. The normalized spacial score (nSPS) is 19.6. The van der Waals surface area contributed by atoms with E-state index in [1.807, 2.05) is 16.2 Å². The molecular formula is C26H31FN4OS. The van der Waals surface area contributed by atoms with Crippen LogP contribution in [-0.2, 0) is 12.8 Å². The molecule has 0 bridgehead atoms. The molecule has 0 spiro atoms. The smallest absolute Gasteiger partial charge is 0.254 e. The van der Waals surface area contributed by atoms with Crippen molar-refractivity contribution in [1.82, 2.24) is 14.9 Å². The molecule has 2 atom stereocenters. The van der Waals surface area contributed by atoms with E-state index < -0.39 is 0 Å². The van der Waals surface area contributed by atoms with Crippen LogP contribution in [0.5, 0.6) is 0 Å². The number of piperazine rings is 1. The predicted molar refractivity (Wildman–Crippen MR) is 132 cm³/mol. The van der Waals surface area contributed by atoms with Gasteiger partial charge in [-0.1, -0.05) is 26.8 Å². The molecule has 0 unspecified atom stereocenters. The number of amides is 1. The van der Waals surface area contributed by atoms with Crippen LogP contribution in [0.3, 0.4) is 0 Å². The number of anilines is 1. The van der Waals surface area contributed by atoms with Crippen molar-refractivity contribution in [2.24, 2.45) is 5.92 Å². The van der Waals surface area contributed by atoms with Crippen LogP contribution in [0.4, 0.5) is 10.2 Å². The van der Waals surface area contributed by atoms with Gasteiger partial charge in [0.2, 0.25) is 0 Å². The lowest BCUT2D eigenvalue weighted by atomic mass is 9.89. The van der Waals surface area contributed by atoms with Gasteiger partial charge in [-0.05, 0) is 55.4 Å². The lowest BCUT2D eigenvalue weighted by Gasteiger charge is -2.36. The zero-order chi connectivity index (χ0) is 23.1. The first-order valence-electron chi connectivity index (χ1n) is 12.1. The molecule has 1 aromatic carbocycles. The molecule has 1 fully saturated rings. The summed E-state index contributed by atoms with van der Waals surface area (Å²) in [7, 11) is 0. The molecule has 0 saturated carbocycles. The summed E-state index contributed by atoms with van der Waals surface area (Å²) in [4.78, 5) is 29.7. The molecule has 1 aliphatic carbocycles. The zero-order valence-electron chi connectivity index (χ0n) is 19.6. The molecule has 1 saturated heterocycles. The zero-order valence-corrected chi connectivity index (χ0v) is 20.4. The largest absolute Gasteiger partial charge is 0.352 e. The Labute approximate surface area is 198 Å². The fourth-order valence-electron chi connectivity index (χ4n) is 4.90. The number of benzene rings is 1. The second-order valence-corrected chi connectivity index (χ2v) is 10.6. The monoisotopic (exact) mass is 466 g/mol. The van der Waals surface area contributed by atoms with Crippen LogP contribution in [-0.4, -0.2) is 47.0 Å². The number of carbonyl (C=O) groups is 1. The first kappa shape index (κ1) is 22.3. The molecule has 174 valence electrons. The molecule has 1 amide bonds. The summed E-state index contributed by atoms with van der Waals surface area (Å²) in [6.45, 7) is 9.33. The lowest BCUT2D eigenvalue weighted by molar-refractivity contribution is 0.0746. The highest BCUT2D eigenvalue weighted by Gasteiger charge is 2.29. The van der Waals surface area contributed by atoms with Gasteiger partial charge >= 0.3 is 0 Å². The molecule has 0 radical (unpaired) electrons. The van der Waals surface area contributed by atoms with Gasteiger partial charge in [0.15, 0.2) is 0 Å². The maximum atomic E-state index is 13.6. The predicted octanol–water partition coefficient (Wildman–Crippen LogP) is 5.43. The van der Waals surface area contributed by atoms with Gasteiger partial charge in [-0.25, -0.2) is 14.4 Å². The molecule has 5 rings (SSSR count). The summed E-state index contributed by atoms with van der Waals surface area (Å²) in [5, 5.41) is 1.24. The standard InChI is InChI=1S/C26H31FN4OS/c1-4-17(3)23-28-24(22-20-9-8-16(2)14-21(20)33-25(22)29-23)30-10-12-31(13-11-30)26(32)18-6-5-7-19(27)15-18/h5-7,15-17H,4,8-14H2,1-3H3/t16-,17+/m1/s1. The van der Waals surface area contributed by atoms with Crippen molar-refractivity contribution in [3.63, 3.8) is 0 Å². The number of nitrogens with zero attached hydrogens (tertiary/aromatic N) is 4. The van der Waals surface area contributed by atoms with Gasteiger partial charge < -0.3 is 9.80 Å². The molecule has 33 heavy (non-hydrogen) atoms. The van der Waals surface area contributed by atoms with Crippen molar-refractivity contribution in [2.75, 3.05) is 31.1 Å². The average Bonchev–Trinajstić information content (AvgIpc) is 3.20. The number of aryl methyl sites for hydroxylation is 1. The minimum absolute atomic E-state index is 0.107. The molecule has 0 N–H and O–H groups in total. The lowest BCUT2D eigenvalue weighted by Crippen LogP contribution is -2.49. The van der Waals surface area contributed by atoms with Crippen molar-refractivity contribution in [3.8, 4) is 0 Å². The van der Waals surface area contributed by atoms with E-state index in [-0.39, 0.29) is 11.7 Å². The molecular weight excluding hydrogens is 435 g/mol. The Morgan fingerprint density at radius 2 is 2.03 bits per heavy atom. The van der Waals surface area contributed by atoms with Crippen LogP contribution >= 0.6 is 11.3 Å². The number of hydrogen-bond acceptors (Lipinski definition) is 5. The molecule has 7 heteroatoms. The SMILES string of the molecule is CC[C@H](C)c1nc(N2CCN(C(=O)c3cccc(F)c3)CC2)c2c3c(sc2n1)C[C@H](C)CC3. The van der Waals surface area contributed by atoms with Gasteiger partial charge in [0.05, 0.1) is 5.39 Å². The van der Waals surface area contributed by atoms with Gasteiger partial charge in [-0.15, -0.1) is 11.3 Å². The van der Waals surface area contributed by atoms with Crippen molar-refractivity contribution < 1.29 is 9.18 Å². The van der Waals surface area contributed by atoms with E-state index in [0.29, 0.717) is 43.6 Å². The highest BCUT2D eigenvalue weighted by atomic mass is 32.1. The number of hydrogen-bond donors (Lipinski definition) is 0. The Morgan fingerprint density at radius 1 is 1.24 bits per heavy atom. The summed E-state index contributed by atoms with van der Waals surface area (Å²) in [6, 6.07) is 5.96. The van der Waals surface area contributed by atoms with Crippen molar-refractivity contribution in [1.29, 1.82) is 0 Å². The van der Waals surface area contributed by atoms with E-state index in [1.54, 1.807) is 12.1 Å². The highest BCUT2D eigenvalue weighted by molar-refractivity contribution is 7.19. The third-order valence-corrected chi connectivity index (χ3v) is 8.29. The molecule has 3 heterocycles. The first-order valence-corrected chi connectivity index (χ1v) is 12.9. The number of aromatic nitrogens is 2. The van der Waals surface area contributed by atoms with Crippen LogP contribution in [0.2, 0.25) is 0 Å². The molecule has 3 aromatic rings. The Morgan fingerprint density at radius 3 is 2.76 bits per heavy atom. The Hall–Kier alpha value is -2.54. The quantitative estimate of drug-likeness (QED) is 0.514. The minimum Gasteiger partial charge on any atom is -0.352 e. The topological polar surface area (TPSA) is 49.3 Å². The molecule has 2 aromatic heterocycles. The molecule has 5 nitrogen and oxygen atoms in total. The van der Waals surface area contributed by atoms with Crippen LogP contribution < -0.4 is 4.90 Å². The van der Waals surface area contributed by atoms with E-state index in [1.165, 1.54) is 34.4 Å². The second kappa shape index (κ2) is 9.01. The van der Waals surface area contributed by atoms with Gasteiger partial charge in [0.25, 0.3) is 5.91 Å². The summed E-state index contributed by atoms with van der Waals surface area (Å²) in [5.74, 6) is 2.50. The fraction of sp³-hybridized carbons (Fsp3) is 0.500. The third-order valence-electron chi connectivity index (χ3n) is 7.14. The van der Waals surface area contributed by atoms with Crippen molar-refractivity contribution in [3.05, 3.63) is 51.9 Å². The fourth-order valence-corrected chi connectivity index (χ4v) is 6.28. The molecule has 1 aliphatic heterocycles. The van der Waals surface area contributed by atoms with Crippen LogP contribution in [0.25, 0.3) is 10.2 Å². The summed E-state index contributed by atoms with van der Waals surface area (Å²) in [5.41, 5.74) is 1.85. The summed E-state index contributed by atoms with van der Waals surface area (Å²) in [6.07, 6.45) is 4.43. The number of carbonyl (C=O) groups excluding carboxylic acids is 1. The Kier molecular flexibility index (Phi) is 6.08. The van der Waals surface area contributed by atoms with Crippen molar-refractivity contribution >= 4 is 33.3 Å². The average molecular weight is 467 g/mol. The highest BCUT2D eigenvalue weighted by Crippen LogP contribution is 2.42. The molecule has 2 aliphatic rings. The second-order valence-electron chi connectivity index (χ2n) is 9.54. The third kappa shape index (κ3) is 4.23. The van der Waals surface area contributed by atoms with Gasteiger partial charge in [-0.3, -0.25) is 4.79 Å². The summed E-state index contributed by atoms with van der Waals surface area (Å²) < 4.78 is 13.6. The minimum atomic E-state index is -0.378. The number of thiophene rings is 1. The van der Waals surface area contributed by atoms with Crippen LogP contribution in [0.1, 0.15) is 66.2 Å². The van der Waals surface area contributed by atoms with Crippen LogP contribution in [0.15, 0.2) is 24.3 Å². The summed E-state index contributed by atoms with van der Waals surface area (Å²) >= 11 is 1.85. The number of rotatable bonds is 4. The van der Waals surface area contributed by atoms with Crippen molar-refractivity contribution in [2.45, 2.75) is 52.4 Å².